The van der Waals surface area contributed by atoms with Crippen molar-refractivity contribution < 1.29 is 13.6 Å². The number of nitrogens with one attached hydrogen (secondary N) is 3. The average Bonchev–Trinajstić information content (AvgIpc) is 3.42. The third kappa shape index (κ3) is 6.11. The molecule has 1 amide bonds. The number of fused-ring (bicyclic) bond motifs is 2. The highest BCUT2D eigenvalue weighted by molar-refractivity contribution is 6.33. The largest absolute Gasteiger partial charge is 0.350 e. The Morgan fingerprint density at radius 1 is 1.00 bits per heavy atom. The first-order valence-electron chi connectivity index (χ1n) is 15.0. The van der Waals surface area contributed by atoms with E-state index in [1.54, 1.807) is 30.6 Å². The summed E-state index contributed by atoms with van der Waals surface area (Å²) in [6, 6.07) is 18.3. The van der Waals surface area contributed by atoms with Crippen LogP contribution in [0.4, 0.5) is 20.4 Å². The molecule has 12 heteroatoms. The number of rotatable bonds is 8. The Bertz CT molecular complexity index is 2070. The second kappa shape index (κ2) is 12.8. The molecule has 1 fully saturated rings. The highest BCUT2D eigenvalue weighted by Gasteiger charge is 2.22. The number of hydrogen-bond acceptors (Lipinski definition) is 7. The number of aromatic nitrogens is 5. The summed E-state index contributed by atoms with van der Waals surface area (Å²) in [5, 5.41) is 10.7. The van der Waals surface area contributed by atoms with Crippen LogP contribution in [0.15, 0.2) is 79.1 Å². The number of carbonyl (C=O) groups excluding carboxylic acids is 1. The molecule has 46 heavy (non-hydrogen) atoms. The summed E-state index contributed by atoms with van der Waals surface area (Å²) >= 11 is 6.87. The molecule has 1 aliphatic heterocycles. The highest BCUT2D eigenvalue weighted by Crippen LogP contribution is 2.33. The zero-order valence-corrected chi connectivity index (χ0v) is 25.4. The first-order chi connectivity index (χ1) is 22.4. The molecule has 0 unspecified atom stereocenters. The summed E-state index contributed by atoms with van der Waals surface area (Å²) in [6.07, 6.45) is 5.38. The van der Waals surface area contributed by atoms with Gasteiger partial charge in [0.1, 0.15) is 11.3 Å². The zero-order valence-electron chi connectivity index (χ0n) is 24.6. The summed E-state index contributed by atoms with van der Waals surface area (Å²) in [6.45, 7) is 2.73. The van der Waals surface area contributed by atoms with E-state index in [1.807, 2.05) is 30.3 Å². The lowest BCUT2D eigenvalue weighted by Crippen LogP contribution is -2.32. The maximum atomic E-state index is 13.7. The minimum Gasteiger partial charge on any atom is -0.350 e. The van der Waals surface area contributed by atoms with Crippen LogP contribution >= 0.6 is 11.6 Å². The Labute approximate surface area is 268 Å². The van der Waals surface area contributed by atoms with Crippen molar-refractivity contribution in [2.24, 2.45) is 5.92 Å². The Morgan fingerprint density at radius 2 is 1.89 bits per heavy atom. The normalized spacial score (nSPS) is 14.9. The van der Waals surface area contributed by atoms with Gasteiger partial charge in [0.2, 0.25) is 5.95 Å². The van der Waals surface area contributed by atoms with E-state index < -0.39 is 11.6 Å². The van der Waals surface area contributed by atoms with Crippen LogP contribution in [0, 0.1) is 17.6 Å². The molecule has 0 aliphatic carbocycles. The molecule has 0 radical (unpaired) electrons. The number of amides is 1. The van der Waals surface area contributed by atoms with Crippen LogP contribution in [0.1, 0.15) is 28.8 Å². The van der Waals surface area contributed by atoms with E-state index in [-0.39, 0.29) is 12.5 Å². The van der Waals surface area contributed by atoms with E-state index in [1.165, 1.54) is 6.07 Å². The van der Waals surface area contributed by atoms with Crippen molar-refractivity contribution in [3.63, 3.8) is 0 Å². The van der Waals surface area contributed by atoms with Crippen molar-refractivity contribution in [1.82, 2.24) is 29.8 Å². The van der Waals surface area contributed by atoms with Gasteiger partial charge in [0.25, 0.3) is 5.91 Å². The lowest BCUT2D eigenvalue weighted by Gasteiger charge is -2.24. The van der Waals surface area contributed by atoms with Crippen molar-refractivity contribution >= 4 is 51.2 Å². The number of benzene rings is 3. The van der Waals surface area contributed by atoms with Crippen molar-refractivity contribution in [3.05, 3.63) is 107 Å². The van der Waals surface area contributed by atoms with Crippen LogP contribution in [-0.2, 0) is 13.1 Å². The molecule has 6 aromatic rings. The smallest absolute Gasteiger partial charge is 0.256 e. The average molecular weight is 639 g/mol. The third-order valence-electron chi connectivity index (χ3n) is 8.12. The molecule has 0 spiro atoms. The Morgan fingerprint density at radius 3 is 2.72 bits per heavy atom. The molecule has 3 aromatic carbocycles. The topological polar surface area (TPSA) is 110 Å². The van der Waals surface area contributed by atoms with E-state index in [0.29, 0.717) is 62.8 Å². The second-order valence-electron chi connectivity index (χ2n) is 11.3. The number of nitrogens with zero attached hydrogens (tertiary/aromatic N) is 5. The highest BCUT2D eigenvalue weighted by atomic mass is 35.5. The van der Waals surface area contributed by atoms with Gasteiger partial charge >= 0.3 is 0 Å². The number of imidazole rings is 1. The standard InChI is InChI=1S/C34H29ClF2N8O/c35-26-15-22(42-33(46)24-11-13-39-29-6-2-1-5-23(24)29)8-9-25(26)31-43-30-18-41-34(40-17-20-7-10-27(36)28(37)14-20)44-32(30)45(31)19-21-4-3-12-38-16-21/h1-2,5-11,13-15,18,21,38H,3-4,12,16-17,19H2,(H,42,46)(H,40,41,44)/t21-/m1/s1. The molecule has 0 saturated carbocycles. The fourth-order valence-corrected chi connectivity index (χ4v) is 6.08. The number of piperidine rings is 1. The molecular weight excluding hydrogens is 610 g/mol. The quantitative estimate of drug-likeness (QED) is 0.168. The lowest BCUT2D eigenvalue weighted by molar-refractivity contribution is 0.102. The number of pyridine rings is 1. The van der Waals surface area contributed by atoms with Gasteiger partial charge in [0, 0.05) is 35.9 Å². The molecule has 7 rings (SSSR count). The predicted octanol–water partition coefficient (Wildman–Crippen LogP) is 6.84. The summed E-state index contributed by atoms with van der Waals surface area (Å²) in [4.78, 5) is 31.6. The van der Waals surface area contributed by atoms with Crippen molar-refractivity contribution in [3.8, 4) is 11.4 Å². The second-order valence-corrected chi connectivity index (χ2v) is 11.7. The Kier molecular flexibility index (Phi) is 8.25. The molecule has 3 N–H and O–H groups in total. The Hall–Kier alpha value is -5.00. The molecular formula is C34H29ClF2N8O. The van der Waals surface area contributed by atoms with Crippen LogP contribution in [0.2, 0.25) is 5.02 Å². The first-order valence-corrected chi connectivity index (χ1v) is 15.4. The third-order valence-corrected chi connectivity index (χ3v) is 8.44. The Balaban J connectivity index is 1.19. The molecule has 0 bridgehead atoms. The number of carbonyl (C=O) groups is 1. The van der Waals surface area contributed by atoms with Gasteiger partial charge in [-0.05, 0) is 79.9 Å². The van der Waals surface area contributed by atoms with Crippen molar-refractivity contribution in [2.45, 2.75) is 25.9 Å². The van der Waals surface area contributed by atoms with E-state index in [4.69, 9.17) is 21.6 Å². The van der Waals surface area contributed by atoms with Crippen LogP contribution in [-0.4, -0.2) is 43.5 Å². The fourth-order valence-electron chi connectivity index (χ4n) is 5.82. The van der Waals surface area contributed by atoms with Gasteiger partial charge in [-0.15, -0.1) is 0 Å². The summed E-state index contributed by atoms with van der Waals surface area (Å²) in [5.41, 5.74) is 4.26. The van der Waals surface area contributed by atoms with Gasteiger partial charge in [-0.3, -0.25) is 9.78 Å². The molecule has 1 aliphatic rings. The molecule has 3 aromatic heterocycles. The van der Waals surface area contributed by atoms with E-state index in [2.05, 4.69) is 30.5 Å². The number of para-hydroxylation sites is 1. The minimum absolute atomic E-state index is 0.213. The molecule has 1 saturated heterocycles. The summed E-state index contributed by atoms with van der Waals surface area (Å²) in [5.74, 6) is -0.751. The van der Waals surface area contributed by atoms with Gasteiger partial charge in [-0.25, -0.2) is 18.7 Å². The predicted molar refractivity (Wildman–Crippen MR) is 175 cm³/mol. The van der Waals surface area contributed by atoms with E-state index in [0.717, 1.165) is 49.0 Å². The maximum absolute atomic E-state index is 13.7. The fraction of sp³-hybridized carbons (Fsp3) is 0.206. The van der Waals surface area contributed by atoms with Crippen LogP contribution in [0.3, 0.4) is 0 Å². The minimum atomic E-state index is -0.909. The summed E-state index contributed by atoms with van der Waals surface area (Å²) in [7, 11) is 0. The van der Waals surface area contributed by atoms with Gasteiger partial charge < -0.3 is 20.5 Å². The first kappa shape index (κ1) is 29.7. The van der Waals surface area contributed by atoms with E-state index >= 15 is 0 Å². The van der Waals surface area contributed by atoms with Crippen LogP contribution in [0.25, 0.3) is 33.5 Å². The molecule has 1 atom stereocenters. The number of halogens is 3. The van der Waals surface area contributed by atoms with Gasteiger partial charge in [-0.2, -0.15) is 4.98 Å². The van der Waals surface area contributed by atoms with Gasteiger partial charge in [0.15, 0.2) is 17.3 Å². The maximum Gasteiger partial charge on any atom is 0.256 e. The SMILES string of the molecule is O=C(Nc1ccc(-c2nc3cnc(NCc4ccc(F)c(F)c4)nc3n2C[C@@H]2CCCNC2)c(Cl)c1)c1ccnc2ccccc12. The molecule has 9 nitrogen and oxygen atoms in total. The molecule has 232 valence electrons. The summed E-state index contributed by atoms with van der Waals surface area (Å²) < 4.78 is 29.2. The lowest BCUT2D eigenvalue weighted by atomic mass is 9.99. The van der Waals surface area contributed by atoms with E-state index in [9.17, 15) is 13.6 Å². The zero-order chi connectivity index (χ0) is 31.6. The van der Waals surface area contributed by atoms with Gasteiger partial charge in [-0.1, -0.05) is 35.9 Å². The molecule has 4 heterocycles. The van der Waals surface area contributed by atoms with Crippen LogP contribution in [0.5, 0.6) is 0 Å². The van der Waals surface area contributed by atoms with Gasteiger partial charge in [0.05, 0.1) is 22.3 Å². The number of anilines is 2. The van der Waals surface area contributed by atoms with Crippen molar-refractivity contribution in [2.75, 3.05) is 23.7 Å². The number of hydrogen-bond donors (Lipinski definition) is 3. The monoisotopic (exact) mass is 638 g/mol. The van der Waals surface area contributed by atoms with Crippen LogP contribution < -0.4 is 16.0 Å². The van der Waals surface area contributed by atoms with Crippen molar-refractivity contribution in [1.29, 1.82) is 0 Å².